The first kappa shape index (κ1) is 32.1. The van der Waals surface area contributed by atoms with Crippen LogP contribution in [0.3, 0.4) is 0 Å². The highest BCUT2D eigenvalue weighted by atomic mass is 35.5. The number of hydrogen-bond donors (Lipinski definition) is 1. The zero-order valence-electron chi connectivity index (χ0n) is 23.6. The molecule has 0 spiro atoms. The second-order valence-corrected chi connectivity index (χ2v) is 12.4. The van der Waals surface area contributed by atoms with Crippen molar-refractivity contribution >= 4 is 39.1 Å². The minimum absolute atomic E-state index is 0.0526. The molecular formula is C31H37ClFN3O4S. The maximum absolute atomic E-state index is 14.5. The van der Waals surface area contributed by atoms with Gasteiger partial charge in [0.15, 0.2) is 0 Å². The Morgan fingerprint density at radius 3 is 2.27 bits per heavy atom. The third-order valence-electron chi connectivity index (χ3n) is 6.79. The van der Waals surface area contributed by atoms with Gasteiger partial charge in [-0.25, -0.2) is 12.8 Å². The van der Waals surface area contributed by atoms with E-state index < -0.39 is 21.9 Å². The van der Waals surface area contributed by atoms with Gasteiger partial charge < -0.3 is 10.2 Å². The second kappa shape index (κ2) is 15.0. The Kier molecular flexibility index (Phi) is 11.7. The van der Waals surface area contributed by atoms with Gasteiger partial charge in [0.25, 0.3) is 0 Å². The highest BCUT2D eigenvalue weighted by Crippen LogP contribution is 2.23. The zero-order chi connectivity index (χ0) is 30.0. The van der Waals surface area contributed by atoms with E-state index in [0.29, 0.717) is 11.4 Å². The summed E-state index contributed by atoms with van der Waals surface area (Å²) in [6.45, 7) is 3.91. The lowest BCUT2D eigenvalue weighted by Crippen LogP contribution is -2.52. The fourth-order valence-electron chi connectivity index (χ4n) is 4.46. The summed E-state index contributed by atoms with van der Waals surface area (Å²) in [7, 11) is -3.81. The van der Waals surface area contributed by atoms with E-state index >= 15 is 0 Å². The van der Waals surface area contributed by atoms with Crippen LogP contribution in [0.5, 0.6) is 0 Å². The standard InChI is InChI=1S/C31H37ClFN3O4S/c1-4-23(2)34-31(38)29(21-24-12-6-5-7-13-24)35(22-25-14-10-15-26(32)20-25)30(37)18-11-19-36(41(3,39)40)28-17-9-8-16-27(28)33/h5-10,12-17,20,23,29H,4,11,18-19,21-22H2,1-3H3,(H,34,38)/t23-,29-/m1/s1. The van der Waals surface area contributed by atoms with E-state index in [1.54, 1.807) is 24.3 Å². The number of halogens is 2. The van der Waals surface area contributed by atoms with Crippen LogP contribution in [0.25, 0.3) is 0 Å². The van der Waals surface area contributed by atoms with Crippen molar-refractivity contribution in [1.82, 2.24) is 10.2 Å². The van der Waals surface area contributed by atoms with Crippen LogP contribution in [-0.4, -0.2) is 50.0 Å². The molecule has 0 bridgehead atoms. The van der Waals surface area contributed by atoms with Crippen molar-refractivity contribution in [1.29, 1.82) is 0 Å². The summed E-state index contributed by atoms with van der Waals surface area (Å²) in [6.07, 6.45) is 2.09. The maximum Gasteiger partial charge on any atom is 0.243 e. The van der Waals surface area contributed by atoms with Crippen molar-refractivity contribution in [2.24, 2.45) is 0 Å². The number of nitrogens with one attached hydrogen (secondary N) is 1. The predicted molar refractivity (Wildman–Crippen MR) is 162 cm³/mol. The second-order valence-electron chi connectivity index (χ2n) is 10.1. The molecule has 7 nitrogen and oxygen atoms in total. The maximum atomic E-state index is 14.5. The molecule has 220 valence electrons. The minimum Gasteiger partial charge on any atom is -0.352 e. The van der Waals surface area contributed by atoms with Crippen LogP contribution in [0.4, 0.5) is 10.1 Å². The van der Waals surface area contributed by atoms with E-state index in [4.69, 9.17) is 11.6 Å². The van der Waals surface area contributed by atoms with Gasteiger partial charge in [0.1, 0.15) is 11.9 Å². The van der Waals surface area contributed by atoms with E-state index in [1.165, 1.54) is 23.1 Å². The molecule has 3 aromatic carbocycles. The molecule has 2 atom stereocenters. The molecule has 0 unspecified atom stereocenters. The Morgan fingerprint density at radius 1 is 0.976 bits per heavy atom. The Morgan fingerprint density at radius 2 is 1.63 bits per heavy atom. The molecule has 0 saturated carbocycles. The smallest absolute Gasteiger partial charge is 0.243 e. The van der Waals surface area contributed by atoms with Gasteiger partial charge in [-0.1, -0.05) is 73.1 Å². The van der Waals surface area contributed by atoms with Crippen LogP contribution in [0.15, 0.2) is 78.9 Å². The first-order chi connectivity index (χ1) is 19.5. The molecule has 41 heavy (non-hydrogen) atoms. The summed E-state index contributed by atoms with van der Waals surface area (Å²) in [6, 6.07) is 21.3. The molecule has 0 aliphatic rings. The van der Waals surface area contributed by atoms with Gasteiger partial charge in [-0.15, -0.1) is 0 Å². The van der Waals surface area contributed by atoms with Crippen LogP contribution >= 0.6 is 11.6 Å². The summed E-state index contributed by atoms with van der Waals surface area (Å²) >= 11 is 6.22. The Bertz CT molecular complexity index is 1420. The molecule has 0 heterocycles. The summed E-state index contributed by atoms with van der Waals surface area (Å²) in [4.78, 5) is 29.0. The Hall–Kier alpha value is -3.43. The van der Waals surface area contributed by atoms with Gasteiger partial charge in [-0.2, -0.15) is 0 Å². The molecule has 0 aliphatic heterocycles. The van der Waals surface area contributed by atoms with E-state index in [1.807, 2.05) is 50.2 Å². The monoisotopic (exact) mass is 601 g/mol. The highest BCUT2D eigenvalue weighted by Gasteiger charge is 2.31. The van der Waals surface area contributed by atoms with Crippen LogP contribution < -0.4 is 9.62 Å². The summed E-state index contributed by atoms with van der Waals surface area (Å²) in [5.41, 5.74) is 1.57. The number of carbonyl (C=O) groups is 2. The number of nitrogens with zero attached hydrogens (tertiary/aromatic N) is 2. The third-order valence-corrected chi connectivity index (χ3v) is 8.20. The Balaban J connectivity index is 1.90. The van der Waals surface area contributed by atoms with Crippen molar-refractivity contribution in [3.8, 4) is 0 Å². The Labute approximate surface area is 247 Å². The number of anilines is 1. The van der Waals surface area contributed by atoms with Gasteiger partial charge in [-0.3, -0.25) is 13.9 Å². The highest BCUT2D eigenvalue weighted by molar-refractivity contribution is 7.92. The zero-order valence-corrected chi connectivity index (χ0v) is 25.2. The van der Waals surface area contributed by atoms with Gasteiger partial charge in [0.2, 0.25) is 21.8 Å². The number of hydrogen-bond acceptors (Lipinski definition) is 4. The number of sulfonamides is 1. The van der Waals surface area contributed by atoms with E-state index in [2.05, 4.69) is 5.32 Å². The van der Waals surface area contributed by atoms with Crippen LogP contribution in [0.2, 0.25) is 5.02 Å². The van der Waals surface area contributed by atoms with Crippen molar-refractivity contribution in [3.05, 3.63) is 101 Å². The molecule has 0 aromatic heterocycles. The molecule has 3 rings (SSSR count). The lowest BCUT2D eigenvalue weighted by Gasteiger charge is -2.32. The third kappa shape index (κ3) is 9.57. The number of rotatable bonds is 14. The molecule has 0 fully saturated rings. The molecule has 3 aromatic rings. The van der Waals surface area contributed by atoms with Crippen LogP contribution in [0.1, 0.15) is 44.2 Å². The molecule has 0 aliphatic carbocycles. The van der Waals surface area contributed by atoms with Gasteiger partial charge >= 0.3 is 0 Å². The number of amides is 2. The lowest BCUT2D eigenvalue weighted by atomic mass is 10.0. The number of carbonyl (C=O) groups excluding carboxylic acids is 2. The summed E-state index contributed by atoms with van der Waals surface area (Å²) in [5.74, 6) is -1.27. The van der Waals surface area contributed by atoms with Crippen LogP contribution in [-0.2, 0) is 32.6 Å². The summed E-state index contributed by atoms with van der Waals surface area (Å²) < 4.78 is 40.4. The molecule has 0 saturated heterocycles. The number of benzene rings is 3. The largest absolute Gasteiger partial charge is 0.352 e. The molecule has 2 amide bonds. The van der Waals surface area contributed by atoms with Gasteiger partial charge in [0.05, 0.1) is 11.9 Å². The fraction of sp³-hybridized carbons (Fsp3) is 0.355. The molecule has 10 heteroatoms. The molecule has 0 radical (unpaired) electrons. The van der Waals surface area contributed by atoms with Crippen molar-refractivity contribution in [2.75, 3.05) is 17.1 Å². The van der Waals surface area contributed by atoms with E-state index in [-0.39, 0.29) is 49.5 Å². The normalized spacial score (nSPS) is 12.8. The SMILES string of the molecule is CC[C@@H](C)NC(=O)[C@@H](Cc1ccccc1)N(Cc1cccc(Cl)c1)C(=O)CCCN(c1ccccc1F)S(C)(=O)=O. The van der Waals surface area contributed by atoms with Gasteiger partial charge in [-0.05, 0) is 55.2 Å². The van der Waals surface area contributed by atoms with Gasteiger partial charge in [0, 0.05) is 37.0 Å². The quantitative estimate of drug-likeness (QED) is 0.261. The van der Waals surface area contributed by atoms with Crippen molar-refractivity contribution < 1.29 is 22.4 Å². The van der Waals surface area contributed by atoms with E-state index in [0.717, 1.165) is 28.1 Å². The van der Waals surface area contributed by atoms with Crippen molar-refractivity contribution in [3.63, 3.8) is 0 Å². The topological polar surface area (TPSA) is 86.8 Å². The van der Waals surface area contributed by atoms with E-state index in [9.17, 15) is 22.4 Å². The lowest BCUT2D eigenvalue weighted by molar-refractivity contribution is -0.141. The fourth-order valence-corrected chi connectivity index (χ4v) is 5.64. The number of para-hydroxylation sites is 1. The van der Waals surface area contributed by atoms with Crippen molar-refractivity contribution in [2.45, 2.75) is 58.2 Å². The average Bonchev–Trinajstić information content (AvgIpc) is 2.93. The predicted octanol–water partition coefficient (Wildman–Crippen LogP) is 5.58. The first-order valence-electron chi connectivity index (χ1n) is 13.6. The molecule has 1 N–H and O–H groups in total. The van der Waals surface area contributed by atoms with Crippen LogP contribution in [0, 0.1) is 5.82 Å². The minimum atomic E-state index is -3.81. The summed E-state index contributed by atoms with van der Waals surface area (Å²) in [5, 5.41) is 3.52. The average molecular weight is 602 g/mol. The molecular weight excluding hydrogens is 565 g/mol. The first-order valence-corrected chi connectivity index (χ1v) is 15.8.